The molecule has 1 aromatic carbocycles. The van der Waals surface area contributed by atoms with Crippen LogP contribution in [-0.4, -0.2) is 26.2 Å². The Morgan fingerprint density at radius 1 is 1.32 bits per heavy atom. The summed E-state index contributed by atoms with van der Waals surface area (Å²) in [6.45, 7) is 3.65. The number of aryl methyl sites for hydroxylation is 2. The van der Waals surface area contributed by atoms with Crippen LogP contribution >= 0.6 is 15.9 Å². The van der Waals surface area contributed by atoms with E-state index in [-0.39, 0.29) is 21.5 Å². The zero-order chi connectivity index (χ0) is 16.3. The van der Waals surface area contributed by atoms with Crippen LogP contribution in [0.3, 0.4) is 0 Å². The van der Waals surface area contributed by atoms with Crippen molar-refractivity contribution in [1.82, 2.24) is 9.97 Å². The van der Waals surface area contributed by atoms with Crippen molar-refractivity contribution < 1.29 is 10.0 Å². The largest absolute Gasteiger partial charge is 0.506 e. The molecule has 114 valence electrons. The van der Waals surface area contributed by atoms with Crippen molar-refractivity contribution in [3.05, 3.63) is 49.7 Å². The molecule has 0 unspecified atom stereocenters. The van der Waals surface area contributed by atoms with E-state index >= 15 is 0 Å². The summed E-state index contributed by atoms with van der Waals surface area (Å²) in [7, 11) is 0. The monoisotopic (exact) mass is 365 g/mol. The minimum absolute atomic E-state index is 0.141. The number of nitro groups is 1. The molecule has 0 fully saturated rings. The van der Waals surface area contributed by atoms with Gasteiger partial charge in [0, 0.05) is 29.1 Å². The molecule has 22 heavy (non-hydrogen) atoms. The van der Waals surface area contributed by atoms with Gasteiger partial charge in [-0.3, -0.25) is 10.1 Å². The molecule has 0 radical (unpaired) electrons. The Balaban J connectivity index is 2.24. The first kappa shape index (κ1) is 15.8. The van der Waals surface area contributed by atoms with Crippen LogP contribution in [0.25, 0.3) is 0 Å². The van der Waals surface area contributed by atoms with E-state index in [1.54, 1.807) is 0 Å². The first-order valence-corrected chi connectivity index (χ1v) is 6.94. The predicted molar refractivity (Wildman–Crippen MR) is 85.2 cm³/mol. The second kappa shape index (κ2) is 6.48. The second-order valence-corrected chi connectivity index (χ2v) is 5.32. The maximum atomic E-state index is 10.8. The number of halogens is 1. The zero-order valence-electron chi connectivity index (χ0n) is 11.7. The van der Waals surface area contributed by atoms with E-state index in [9.17, 15) is 15.2 Å². The van der Waals surface area contributed by atoms with Crippen LogP contribution < -0.4 is 5.43 Å². The molecule has 0 atom stereocenters. The Kier molecular flexibility index (Phi) is 4.66. The van der Waals surface area contributed by atoms with E-state index in [2.05, 4.69) is 36.4 Å². The van der Waals surface area contributed by atoms with Crippen molar-refractivity contribution in [3.63, 3.8) is 0 Å². The molecule has 2 rings (SSSR count). The summed E-state index contributed by atoms with van der Waals surface area (Å²) in [6, 6.07) is 4.25. The first-order chi connectivity index (χ1) is 10.4. The van der Waals surface area contributed by atoms with Crippen molar-refractivity contribution in [2.75, 3.05) is 5.43 Å². The molecule has 0 aliphatic rings. The molecule has 0 saturated heterocycles. The van der Waals surface area contributed by atoms with E-state index < -0.39 is 4.92 Å². The molecule has 0 bridgehead atoms. The highest BCUT2D eigenvalue weighted by Gasteiger charge is 2.13. The lowest BCUT2D eigenvalue weighted by atomic mass is 10.2. The van der Waals surface area contributed by atoms with Crippen LogP contribution in [0.4, 0.5) is 11.6 Å². The van der Waals surface area contributed by atoms with Crippen LogP contribution in [-0.2, 0) is 0 Å². The van der Waals surface area contributed by atoms with Gasteiger partial charge in [0.2, 0.25) is 5.95 Å². The minimum atomic E-state index is -0.554. The molecule has 0 spiro atoms. The lowest BCUT2D eigenvalue weighted by Crippen LogP contribution is -2.00. The predicted octanol–water partition coefficient (Wildman–Crippen LogP) is 2.92. The maximum Gasteiger partial charge on any atom is 0.271 e. The number of nitro benzene ring substituents is 1. The molecular formula is C13H12BrN5O3. The Labute approximate surface area is 134 Å². The number of phenolic OH excluding ortho intramolecular Hbond substituents is 1. The summed E-state index contributed by atoms with van der Waals surface area (Å²) >= 11 is 3.06. The number of hydrogen-bond donors (Lipinski definition) is 2. The van der Waals surface area contributed by atoms with Crippen LogP contribution in [0.5, 0.6) is 5.75 Å². The van der Waals surface area contributed by atoms with E-state index in [1.165, 1.54) is 18.3 Å². The number of hydrazone groups is 1. The van der Waals surface area contributed by atoms with Gasteiger partial charge in [-0.15, -0.1) is 0 Å². The van der Waals surface area contributed by atoms with E-state index in [4.69, 9.17) is 0 Å². The van der Waals surface area contributed by atoms with Gasteiger partial charge >= 0.3 is 0 Å². The number of benzene rings is 1. The number of phenols is 1. The number of nitrogens with one attached hydrogen (secondary N) is 1. The molecule has 0 amide bonds. The van der Waals surface area contributed by atoms with Crippen molar-refractivity contribution in [2.45, 2.75) is 13.8 Å². The highest BCUT2D eigenvalue weighted by molar-refractivity contribution is 9.10. The summed E-state index contributed by atoms with van der Waals surface area (Å²) < 4.78 is 0.214. The van der Waals surface area contributed by atoms with E-state index in [0.717, 1.165) is 11.4 Å². The van der Waals surface area contributed by atoms with Gasteiger partial charge in [0.15, 0.2) is 0 Å². The summed E-state index contributed by atoms with van der Waals surface area (Å²) in [4.78, 5) is 18.5. The molecule has 0 aliphatic heterocycles. The Hall–Kier alpha value is -2.55. The van der Waals surface area contributed by atoms with Gasteiger partial charge in [-0.2, -0.15) is 5.10 Å². The van der Waals surface area contributed by atoms with Crippen LogP contribution in [0.15, 0.2) is 27.8 Å². The van der Waals surface area contributed by atoms with Gasteiger partial charge in [0.05, 0.1) is 15.6 Å². The van der Waals surface area contributed by atoms with E-state index in [0.29, 0.717) is 5.95 Å². The Bertz CT molecular complexity index is 743. The van der Waals surface area contributed by atoms with Gasteiger partial charge in [0.1, 0.15) is 5.75 Å². The SMILES string of the molecule is Cc1cc(C)nc(NN=Cc2cc([N+](=O)[O-])cc(Br)c2O)n1. The normalized spacial score (nSPS) is 10.9. The Morgan fingerprint density at radius 2 is 1.95 bits per heavy atom. The third-order valence-corrected chi connectivity index (χ3v) is 3.24. The van der Waals surface area contributed by atoms with Crippen molar-refractivity contribution >= 4 is 33.8 Å². The number of aromatic hydroxyl groups is 1. The van der Waals surface area contributed by atoms with Crippen LogP contribution in [0.1, 0.15) is 17.0 Å². The lowest BCUT2D eigenvalue weighted by molar-refractivity contribution is -0.385. The third-order valence-electron chi connectivity index (χ3n) is 2.64. The average Bonchev–Trinajstić information content (AvgIpc) is 2.42. The number of rotatable bonds is 4. The fourth-order valence-electron chi connectivity index (χ4n) is 1.74. The maximum absolute atomic E-state index is 10.8. The second-order valence-electron chi connectivity index (χ2n) is 4.47. The van der Waals surface area contributed by atoms with Gasteiger partial charge in [0.25, 0.3) is 5.69 Å². The topological polar surface area (TPSA) is 114 Å². The van der Waals surface area contributed by atoms with Gasteiger partial charge in [-0.25, -0.2) is 15.4 Å². The third kappa shape index (κ3) is 3.76. The smallest absolute Gasteiger partial charge is 0.271 e. The number of aromatic nitrogens is 2. The van der Waals surface area contributed by atoms with Crippen LogP contribution in [0, 0.1) is 24.0 Å². The summed E-state index contributed by atoms with van der Waals surface area (Å²) in [5, 5.41) is 24.6. The molecule has 2 N–H and O–H groups in total. The van der Waals surface area contributed by atoms with Gasteiger partial charge in [-0.05, 0) is 35.8 Å². The van der Waals surface area contributed by atoms with Crippen LogP contribution in [0.2, 0.25) is 0 Å². The van der Waals surface area contributed by atoms with Crippen molar-refractivity contribution in [1.29, 1.82) is 0 Å². The highest BCUT2D eigenvalue weighted by Crippen LogP contribution is 2.31. The molecular weight excluding hydrogens is 354 g/mol. The fraction of sp³-hybridized carbons (Fsp3) is 0.154. The van der Waals surface area contributed by atoms with Crippen molar-refractivity contribution in [2.24, 2.45) is 5.10 Å². The summed E-state index contributed by atoms with van der Waals surface area (Å²) in [5.41, 5.74) is 4.22. The lowest BCUT2D eigenvalue weighted by Gasteiger charge is -2.03. The van der Waals surface area contributed by atoms with Crippen molar-refractivity contribution in [3.8, 4) is 5.75 Å². The average molecular weight is 366 g/mol. The molecule has 1 heterocycles. The zero-order valence-corrected chi connectivity index (χ0v) is 13.3. The molecule has 0 aliphatic carbocycles. The minimum Gasteiger partial charge on any atom is -0.506 e. The number of anilines is 1. The first-order valence-electron chi connectivity index (χ1n) is 6.15. The van der Waals surface area contributed by atoms with Gasteiger partial charge in [-0.1, -0.05) is 0 Å². The number of nitrogens with zero attached hydrogens (tertiary/aromatic N) is 4. The summed E-state index contributed by atoms with van der Waals surface area (Å²) in [6.07, 6.45) is 1.26. The molecule has 0 saturated carbocycles. The van der Waals surface area contributed by atoms with Gasteiger partial charge < -0.3 is 5.11 Å². The summed E-state index contributed by atoms with van der Waals surface area (Å²) in [5.74, 6) is 0.162. The number of hydrogen-bond acceptors (Lipinski definition) is 7. The fourth-order valence-corrected chi connectivity index (χ4v) is 2.21. The molecule has 8 nitrogen and oxygen atoms in total. The van der Waals surface area contributed by atoms with E-state index in [1.807, 2.05) is 19.9 Å². The number of non-ortho nitro benzene ring substituents is 1. The molecule has 1 aromatic heterocycles. The standard InChI is InChI=1S/C13H12BrN5O3/c1-7-3-8(2)17-13(16-7)18-15-6-9-4-10(19(21)22)5-11(14)12(9)20/h3-6,20H,1-2H3,(H,16,17,18). The molecule has 9 heteroatoms. The molecule has 2 aromatic rings. The Morgan fingerprint density at radius 3 is 2.55 bits per heavy atom. The highest BCUT2D eigenvalue weighted by atomic mass is 79.9. The quantitative estimate of drug-likeness (QED) is 0.489.